The lowest BCUT2D eigenvalue weighted by molar-refractivity contribution is -0.116. The molecule has 0 bridgehead atoms. The average Bonchev–Trinajstić information content (AvgIpc) is 3.02. The van der Waals surface area contributed by atoms with Crippen LogP contribution in [-0.2, 0) is 27.8 Å². The summed E-state index contributed by atoms with van der Waals surface area (Å²) in [5.74, 6) is -0.162. The minimum atomic E-state index is -3.88. The molecule has 1 aliphatic heterocycles. The number of aryl methyl sites for hydroxylation is 1. The molecule has 0 radical (unpaired) electrons. The Labute approximate surface area is 143 Å². The number of alkyl halides is 2. The Morgan fingerprint density at radius 2 is 2.12 bits per heavy atom. The molecule has 2 heterocycles. The smallest absolute Gasteiger partial charge is 0.319 e. The number of hydrogen-bond donors (Lipinski definition) is 1. The molecule has 10 heteroatoms. The molecule has 7 nitrogen and oxygen atoms in total. The fraction of sp³-hybridized carbons (Fsp3) is 0.333. The van der Waals surface area contributed by atoms with Gasteiger partial charge in [-0.3, -0.25) is 9.36 Å². The van der Waals surface area contributed by atoms with Crippen molar-refractivity contribution in [3.05, 3.63) is 42.0 Å². The number of fused-ring (bicyclic) bond motifs is 1. The van der Waals surface area contributed by atoms with Gasteiger partial charge in [0.2, 0.25) is 15.9 Å². The van der Waals surface area contributed by atoms with Crippen LogP contribution in [0.25, 0.3) is 0 Å². The van der Waals surface area contributed by atoms with E-state index in [1.807, 2.05) is 0 Å². The van der Waals surface area contributed by atoms with Crippen molar-refractivity contribution in [2.45, 2.75) is 30.8 Å². The van der Waals surface area contributed by atoms with E-state index >= 15 is 0 Å². The number of carbonyl (C=O) groups is 1. The lowest BCUT2D eigenvalue weighted by atomic mass is 10.0. The molecule has 0 fully saturated rings. The highest BCUT2D eigenvalue weighted by molar-refractivity contribution is 7.89. The molecule has 0 spiro atoms. The molecule has 1 amide bonds. The summed E-state index contributed by atoms with van der Waals surface area (Å²) >= 11 is 0. The van der Waals surface area contributed by atoms with Gasteiger partial charge in [-0.05, 0) is 30.2 Å². The van der Waals surface area contributed by atoms with Gasteiger partial charge in [-0.1, -0.05) is 0 Å². The van der Waals surface area contributed by atoms with Crippen molar-refractivity contribution < 1.29 is 22.0 Å². The molecule has 0 unspecified atom stereocenters. The Bertz CT molecular complexity index is 911. The topological polar surface area (TPSA) is 84.3 Å². The molecule has 2 aromatic rings. The third-order valence-electron chi connectivity index (χ3n) is 4.00. The van der Waals surface area contributed by atoms with Gasteiger partial charge in [0, 0.05) is 31.5 Å². The maximum Gasteiger partial charge on any atom is 0.319 e. The Kier molecular flexibility index (Phi) is 4.56. The summed E-state index contributed by atoms with van der Waals surface area (Å²) in [6.07, 6.45) is 3.04. The SMILES string of the molecule is CN(Cc1nccn1C(F)F)S(=O)(=O)c1ccc2c(c1)CCC(=O)N2. The number of rotatable bonds is 5. The number of imidazole rings is 1. The summed E-state index contributed by atoms with van der Waals surface area (Å²) in [4.78, 5) is 15.2. The third-order valence-corrected chi connectivity index (χ3v) is 5.80. The summed E-state index contributed by atoms with van der Waals surface area (Å²) in [6.45, 7) is -3.08. The molecule has 0 aliphatic carbocycles. The van der Waals surface area contributed by atoms with Crippen molar-refractivity contribution in [2.75, 3.05) is 12.4 Å². The number of benzene rings is 1. The van der Waals surface area contributed by atoms with Crippen LogP contribution in [0.2, 0.25) is 0 Å². The predicted octanol–water partition coefficient (Wildman–Crippen LogP) is 1.98. The lowest BCUT2D eigenvalue weighted by Gasteiger charge is -2.21. The van der Waals surface area contributed by atoms with E-state index in [0.29, 0.717) is 16.7 Å². The molecule has 0 saturated carbocycles. The van der Waals surface area contributed by atoms with Gasteiger partial charge in [-0.15, -0.1) is 0 Å². The Morgan fingerprint density at radius 1 is 1.36 bits per heavy atom. The average molecular weight is 370 g/mol. The fourth-order valence-electron chi connectivity index (χ4n) is 2.63. The molecule has 0 saturated heterocycles. The number of carbonyl (C=O) groups excluding carboxylic acids is 1. The van der Waals surface area contributed by atoms with Gasteiger partial charge in [0.1, 0.15) is 5.82 Å². The van der Waals surface area contributed by atoms with Gasteiger partial charge < -0.3 is 5.32 Å². The normalized spacial score (nSPS) is 14.7. The number of anilines is 1. The lowest BCUT2D eigenvalue weighted by Crippen LogP contribution is -2.28. The van der Waals surface area contributed by atoms with Gasteiger partial charge >= 0.3 is 6.55 Å². The van der Waals surface area contributed by atoms with Crippen molar-refractivity contribution >= 4 is 21.6 Å². The summed E-state index contributed by atoms with van der Waals surface area (Å²) in [5.41, 5.74) is 1.31. The third kappa shape index (κ3) is 3.40. The number of aromatic nitrogens is 2. The van der Waals surface area contributed by atoms with Crippen molar-refractivity contribution in [1.29, 1.82) is 0 Å². The molecule has 25 heavy (non-hydrogen) atoms. The van der Waals surface area contributed by atoms with E-state index < -0.39 is 16.6 Å². The van der Waals surface area contributed by atoms with Crippen LogP contribution in [0.3, 0.4) is 0 Å². The van der Waals surface area contributed by atoms with Crippen LogP contribution < -0.4 is 5.32 Å². The largest absolute Gasteiger partial charge is 0.326 e. The first-order chi connectivity index (χ1) is 11.8. The molecule has 1 aromatic heterocycles. The van der Waals surface area contributed by atoms with Gasteiger partial charge in [-0.25, -0.2) is 13.4 Å². The van der Waals surface area contributed by atoms with E-state index in [1.165, 1.54) is 31.4 Å². The standard InChI is InChI=1S/C15H16F2N4O3S/c1-20(9-13-18-6-7-21(13)15(16)17)25(23,24)11-3-4-12-10(8-11)2-5-14(22)19-12/h3-4,6-8,15H,2,5,9H2,1H3,(H,19,22). The van der Waals surface area contributed by atoms with Crippen LogP contribution in [0.15, 0.2) is 35.5 Å². The zero-order chi connectivity index (χ0) is 18.2. The molecule has 134 valence electrons. The van der Waals surface area contributed by atoms with Gasteiger partial charge in [-0.2, -0.15) is 13.1 Å². The monoisotopic (exact) mass is 370 g/mol. The molecule has 1 aliphatic rings. The minimum Gasteiger partial charge on any atom is -0.326 e. The van der Waals surface area contributed by atoms with Crippen LogP contribution in [0, 0.1) is 0 Å². The van der Waals surface area contributed by atoms with Crippen LogP contribution in [0.5, 0.6) is 0 Å². The first-order valence-corrected chi connectivity index (χ1v) is 8.92. The molecule has 1 N–H and O–H groups in total. The second kappa shape index (κ2) is 6.52. The predicted molar refractivity (Wildman–Crippen MR) is 85.5 cm³/mol. The number of sulfonamides is 1. The number of amides is 1. The van der Waals surface area contributed by atoms with Crippen molar-refractivity contribution in [3.63, 3.8) is 0 Å². The fourth-order valence-corrected chi connectivity index (χ4v) is 3.80. The number of halogens is 2. The highest BCUT2D eigenvalue weighted by atomic mass is 32.2. The van der Waals surface area contributed by atoms with E-state index in [9.17, 15) is 22.0 Å². The first kappa shape index (κ1) is 17.5. The van der Waals surface area contributed by atoms with E-state index in [4.69, 9.17) is 0 Å². The zero-order valence-corrected chi connectivity index (χ0v) is 14.1. The van der Waals surface area contributed by atoms with Crippen LogP contribution >= 0.6 is 0 Å². The molecular formula is C15H16F2N4O3S. The number of nitrogens with zero attached hydrogens (tertiary/aromatic N) is 3. The summed E-state index contributed by atoms with van der Waals surface area (Å²) in [6, 6.07) is 4.42. The maximum atomic E-state index is 12.9. The highest BCUT2D eigenvalue weighted by Crippen LogP contribution is 2.27. The molecular weight excluding hydrogens is 354 g/mol. The summed E-state index contributed by atoms with van der Waals surface area (Å²) < 4.78 is 52.7. The quantitative estimate of drug-likeness (QED) is 0.872. The van der Waals surface area contributed by atoms with Crippen LogP contribution in [-0.4, -0.2) is 35.2 Å². The zero-order valence-electron chi connectivity index (χ0n) is 13.3. The maximum absolute atomic E-state index is 12.9. The van der Waals surface area contributed by atoms with E-state index in [1.54, 1.807) is 0 Å². The van der Waals surface area contributed by atoms with Gasteiger partial charge in [0.05, 0.1) is 11.4 Å². The van der Waals surface area contributed by atoms with E-state index in [2.05, 4.69) is 10.3 Å². The number of hydrogen-bond acceptors (Lipinski definition) is 4. The van der Waals surface area contributed by atoms with Crippen LogP contribution in [0.4, 0.5) is 14.5 Å². The Morgan fingerprint density at radius 3 is 2.84 bits per heavy atom. The summed E-state index contributed by atoms with van der Waals surface area (Å²) in [7, 11) is -2.58. The Hall–Kier alpha value is -2.33. The van der Waals surface area contributed by atoms with E-state index in [0.717, 1.165) is 16.1 Å². The summed E-state index contributed by atoms with van der Waals surface area (Å²) in [5, 5.41) is 2.68. The van der Waals surface area contributed by atoms with Crippen molar-refractivity contribution in [3.8, 4) is 0 Å². The Balaban J connectivity index is 1.86. The molecule has 3 rings (SSSR count). The van der Waals surface area contributed by atoms with Crippen molar-refractivity contribution in [2.24, 2.45) is 0 Å². The highest BCUT2D eigenvalue weighted by Gasteiger charge is 2.25. The van der Waals surface area contributed by atoms with Gasteiger partial charge in [0.25, 0.3) is 0 Å². The second-order valence-corrected chi connectivity index (χ2v) is 7.70. The second-order valence-electron chi connectivity index (χ2n) is 5.66. The van der Waals surface area contributed by atoms with Crippen LogP contribution in [0.1, 0.15) is 24.4 Å². The van der Waals surface area contributed by atoms with Gasteiger partial charge in [0.15, 0.2) is 0 Å². The van der Waals surface area contributed by atoms with Crippen molar-refractivity contribution in [1.82, 2.24) is 13.9 Å². The number of nitrogens with one attached hydrogen (secondary N) is 1. The first-order valence-electron chi connectivity index (χ1n) is 7.48. The molecule has 0 atom stereocenters. The minimum absolute atomic E-state index is 0.0417. The van der Waals surface area contributed by atoms with E-state index in [-0.39, 0.29) is 29.6 Å². The molecule has 1 aromatic carbocycles.